The minimum Gasteiger partial charge on any atom is -0.271 e. The van der Waals surface area contributed by atoms with Gasteiger partial charge in [0.25, 0.3) is 0 Å². The first kappa shape index (κ1) is 12.3. The predicted octanol–water partition coefficient (Wildman–Crippen LogP) is 3.04. The summed E-state index contributed by atoms with van der Waals surface area (Å²) in [5.74, 6) is 5.74. The molecule has 0 aliphatic heterocycles. The fourth-order valence-corrected chi connectivity index (χ4v) is 3.00. The molecule has 3 aromatic rings. The van der Waals surface area contributed by atoms with E-state index >= 15 is 0 Å². The van der Waals surface area contributed by atoms with E-state index < -0.39 is 0 Å². The maximum atomic E-state index is 5.74. The number of nitrogens with two attached hydrogens (primary N) is 1. The Bertz CT molecular complexity index is 659. The summed E-state index contributed by atoms with van der Waals surface area (Å²) in [5, 5.41) is 5.56. The number of nitrogens with one attached hydrogen (secondary N) is 1. The van der Waals surface area contributed by atoms with Gasteiger partial charge in [-0.05, 0) is 16.3 Å². The van der Waals surface area contributed by atoms with Crippen LogP contribution in [0.3, 0.4) is 0 Å². The zero-order valence-electron chi connectivity index (χ0n) is 10.4. The Labute approximate surface area is 116 Å². The normalized spacial score (nSPS) is 12.7. The molecule has 19 heavy (non-hydrogen) atoms. The van der Waals surface area contributed by atoms with Gasteiger partial charge in [0, 0.05) is 18.0 Å². The number of aromatic nitrogens is 1. The van der Waals surface area contributed by atoms with Gasteiger partial charge in [-0.15, -0.1) is 11.3 Å². The zero-order chi connectivity index (χ0) is 13.1. The molecule has 0 saturated heterocycles. The lowest BCUT2D eigenvalue weighted by Gasteiger charge is -2.17. The van der Waals surface area contributed by atoms with E-state index in [0.717, 1.165) is 11.4 Å². The Balaban J connectivity index is 2.01. The van der Waals surface area contributed by atoms with E-state index in [2.05, 4.69) is 52.9 Å². The van der Waals surface area contributed by atoms with E-state index in [4.69, 9.17) is 5.84 Å². The molecule has 1 aromatic heterocycles. The second-order valence-corrected chi connectivity index (χ2v) is 5.40. The van der Waals surface area contributed by atoms with Gasteiger partial charge in [0.1, 0.15) is 0 Å². The number of rotatable bonds is 4. The molecule has 3 N–H and O–H groups in total. The van der Waals surface area contributed by atoms with E-state index in [1.165, 1.54) is 16.3 Å². The monoisotopic (exact) mass is 269 g/mol. The van der Waals surface area contributed by atoms with E-state index in [1.54, 1.807) is 11.3 Å². The molecular formula is C15H15N3S. The molecule has 1 atom stereocenters. The summed E-state index contributed by atoms with van der Waals surface area (Å²) < 4.78 is 0. The van der Waals surface area contributed by atoms with Crippen LogP contribution in [0.2, 0.25) is 0 Å². The minimum absolute atomic E-state index is 0.0808. The number of hydrogen-bond acceptors (Lipinski definition) is 4. The predicted molar refractivity (Wildman–Crippen MR) is 79.8 cm³/mol. The van der Waals surface area contributed by atoms with Crippen molar-refractivity contribution in [1.82, 2.24) is 10.4 Å². The van der Waals surface area contributed by atoms with Crippen LogP contribution in [0.15, 0.2) is 54.0 Å². The molecule has 96 valence electrons. The van der Waals surface area contributed by atoms with E-state index in [1.807, 2.05) is 11.6 Å². The van der Waals surface area contributed by atoms with Gasteiger partial charge in [0.2, 0.25) is 0 Å². The molecular weight excluding hydrogens is 254 g/mol. The highest BCUT2D eigenvalue weighted by Crippen LogP contribution is 2.26. The van der Waals surface area contributed by atoms with Crippen LogP contribution in [0.5, 0.6) is 0 Å². The minimum atomic E-state index is 0.0808. The van der Waals surface area contributed by atoms with Crippen molar-refractivity contribution in [3.8, 4) is 0 Å². The molecule has 3 rings (SSSR count). The van der Waals surface area contributed by atoms with Crippen molar-refractivity contribution in [2.45, 2.75) is 12.5 Å². The maximum absolute atomic E-state index is 5.74. The number of thiazole rings is 1. The van der Waals surface area contributed by atoms with Gasteiger partial charge in [0.15, 0.2) is 0 Å². The van der Waals surface area contributed by atoms with Crippen LogP contribution in [-0.2, 0) is 6.42 Å². The van der Waals surface area contributed by atoms with Crippen molar-refractivity contribution in [3.63, 3.8) is 0 Å². The number of benzene rings is 2. The average Bonchev–Trinajstić information content (AvgIpc) is 2.97. The lowest BCUT2D eigenvalue weighted by molar-refractivity contribution is 0.554. The second-order valence-electron chi connectivity index (χ2n) is 4.42. The van der Waals surface area contributed by atoms with Gasteiger partial charge in [-0.3, -0.25) is 11.3 Å². The standard InChI is InChI=1S/C15H15N3S/c16-18-14(10-15-17-8-9-19-15)13-7-3-5-11-4-1-2-6-12(11)13/h1-9,14,18H,10,16H2. The molecule has 0 fully saturated rings. The quantitative estimate of drug-likeness (QED) is 0.565. The van der Waals surface area contributed by atoms with E-state index in [0.29, 0.717) is 0 Å². The van der Waals surface area contributed by atoms with E-state index in [9.17, 15) is 0 Å². The first-order valence-corrected chi connectivity index (χ1v) is 7.08. The lowest BCUT2D eigenvalue weighted by atomic mass is 9.97. The summed E-state index contributed by atoms with van der Waals surface area (Å²) >= 11 is 1.66. The third-order valence-electron chi connectivity index (χ3n) is 3.26. The van der Waals surface area contributed by atoms with Crippen molar-refractivity contribution in [2.24, 2.45) is 5.84 Å². The van der Waals surface area contributed by atoms with Crippen LogP contribution in [0.25, 0.3) is 10.8 Å². The molecule has 0 spiro atoms. The molecule has 0 saturated carbocycles. The molecule has 0 bridgehead atoms. The molecule has 0 aliphatic rings. The van der Waals surface area contributed by atoms with Crippen molar-refractivity contribution in [3.05, 3.63) is 64.6 Å². The molecule has 1 heterocycles. The summed E-state index contributed by atoms with van der Waals surface area (Å²) in [5.41, 5.74) is 4.13. The molecule has 4 heteroatoms. The van der Waals surface area contributed by atoms with Crippen LogP contribution in [-0.4, -0.2) is 4.98 Å². The van der Waals surface area contributed by atoms with Crippen LogP contribution >= 0.6 is 11.3 Å². The zero-order valence-corrected chi connectivity index (χ0v) is 11.2. The highest BCUT2D eigenvalue weighted by molar-refractivity contribution is 7.09. The molecule has 3 nitrogen and oxygen atoms in total. The average molecular weight is 269 g/mol. The first-order valence-electron chi connectivity index (χ1n) is 6.20. The summed E-state index contributed by atoms with van der Waals surface area (Å²) in [6.45, 7) is 0. The van der Waals surface area contributed by atoms with Gasteiger partial charge >= 0.3 is 0 Å². The largest absolute Gasteiger partial charge is 0.271 e. The molecule has 1 unspecified atom stereocenters. The smallest absolute Gasteiger partial charge is 0.0944 e. The Hall–Kier alpha value is -1.75. The number of hydrogen-bond donors (Lipinski definition) is 2. The third kappa shape index (κ3) is 2.51. The van der Waals surface area contributed by atoms with Gasteiger partial charge in [-0.25, -0.2) is 4.98 Å². The van der Waals surface area contributed by atoms with Crippen LogP contribution in [0.1, 0.15) is 16.6 Å². The van der Waals surface area contributed by atoms with Crippen LogP contribution in [0, 0.1) is 0 Å². The van der Waals surface area contributed by atoms with Gasteiger partial charge in [0.05, 0.1) is 11.0 Å². The summed E-state index contributed by atoms with van der Waals surface area (Å²) in [6, 6.07) is 14.8. The van der Waals surface area contributed by atoms with Crippen LogP contribution in [0.4, 0.5) is 0 Å². The topological polar surface area (TPSA) is 50.9 Å². The highest BCUT2D eigenvalue weighted by Gasteiger charge is 2.14. The molecule has 2 aromatic carbocycles. The maximum Gasteiger partial charge on any atom is 0.0944 e. The summed E-state index contributed by atoms with van der Waals surface area (Å²) in [6.07, 6.45) is 2.64. The SMILES string of the molecule is NNC(Cc1nccs1)c1cccc2ccccc12. The third-order valence-corrected chi connectivity index (χ3v) is 4.06. The van der Waals surface area contributed by atoms with Gasteiger partial charge < -0.3 is 0 Å². The van der Waals surface area contributed by atoms with E-state index in [-0.39, 0.29) is 6.04 Å². The Morgan fingerprint density at radius 1 is 1.16 bits per heavy atom. The number of hydrazine groups is 1. The van der Waals surface area contributed by atoms with Crippen molar-refractivity contribution in [1.29, 1.82) is 0 Å². The van der Waals surface area contributed by atoms with Crippen LogP contribution < -0.4 is 11.3 Å². The van der Waals surface area contributed by atoms with Gasteiger partial charge in [-0.2, -0.15) is 0 Å². The molecule has 0 radical (unpaired) electrons. The summed E-state index contributed by atoms with van der Waals surface area (Å²) in [4.78, 5) is 4.33. The number of fused-ring (bicyclic) bond motifs is 1. The Kier molecular flexibility index (Phi) is 3.55. The van der Waals surface area contributed by atoms with Crippen molar-refractivity contribution < 1.29 is 0 Å². The first-order chi connectivity index (χ1) is 9.38. The number of nitrogens with zero attached hydrogens (tertiary/aromatic N) is 1. The van der Waals surface area contributed by atoms with Gasteiger partial charge in [-0.1, -0.05) is 42.5 Å². The van der Waals surface area contributed by atoms with Crippen molar-refractivity contribution in [2.75, 3.05) is 0 Å². The fourth-order valence-electron chi connectivity index (χ4n) is 2.34. The summed E-state index contributed by atoms with van der Waals surface area (Å²) in [7, 11) is 0. The lowest BCUT2D eigenvalue weighted by Crippen LogP contribution is -2.29. The molecule has 0 amide bonds. The molecule has 0 aliphatic carbocycles. The Morgan fingerprint density at radius 2 is 2.00 bits per heavy atom. The highest BCUT2D eigenvalue weighted by atomic mass is 32.1. The fraction of sp³-hybridized carbons (Fsp3) is 0.133. The van der Waals surface area contributed by atoms with Crippen molar-refractivity contribution >= 4 is 22.1 Å². The Morgan fingerprint density at radius 3 is 2.79 bits per heavy atom. The second kappa shape index (κ2) is 5.48.